The van der Waals surface area contributed by atoms with Gasteiger partial charge in [0, 0.05) is 19.6 Å². The summed E-state index contributed by atoms with van der Waals surface area (Å²) in [4.78, 5) is 2.46. The SMILES string of the molecule is CC(C#N)CN1CC2(CCCCC2)C1. The normalized spacial score (nSPS) is 28.0. The Morgan fingerprint density at radius 1 is 1.29 bits per heavy atom. The first-order chi connectivity index (χ1) is 6.74. The van der Waals surface area contributed by atoms with Crippen LogP contribution in [-0.2, 0) is 0 Å². The van der Waals surface area contributed by atoms with Crippen molar-refractivity contribution >= 4 is 0 Å². The summed E-state index contributed by atoms with van der Waals surface area (Å²) in [6.07, 6.45) is 7.18. The average Bonchev–Trinajstić information content (AvgIpc) is 2.17. The number of likely N-dealkylation sites (tertiary alicyclic amines) is 1. The van der Waals surface area contributed by atoms with Gasteiger partial charge in [0.25, 0.3) is 0 Å². The van der Waals surface area contributed by atoms with Crippen LogP contribution in [0.5, 0.6) is 0 Å². The number of hydrogen-bond donors (Lipinski definition) is 0. The Labute approximate surface area is 86.9 Å². The van der Waals surface area contributed by atoms with Crippen LogP contribution in [0.4, 0.5) is 0 Å². The monoisotopic (exact) mass is 192 g/mol. The highest BCUT2D eigenvalue weighted by Crippen LogP contribution is 2.43. The van der Waals surface area contributed by atoms with E-state index in [9.17, 15) is 0 Å². The fourth-order valence-corrected chi connectivity index (χ4v) is 3.08. The van der Waals surface area contributed by atoms with Crippen LogP contribution >= 0.6 is 0 Å². The molecule has 14 heavy (non-hydrogen) atoms. The van der Waals surface area contributed by atoms with Crippen LogP contribution in [-0.4, -0.2) is 24.5 Å². The van der Waals surface area contributed by atoms with Crippen molar-refractivity contribution in [1.29, 1.82) is 5.26 Å². The molecule has 2 heteroatoms. The maximum atomic E-state index is 8.73. The minimum absolute atomic E-state index is 0.205. The molecule has 2 fully saturated rings. The summed E-state index contributed by atoms with van der Waals surface area (Å²) >= 11 is 0. The number of nitrogens with zero attached hydrogens (tertiary/aromatic N) is 2. The van der Waals surface area contributed by atoms with Gasteiger partial charge in [-0.2, -0.15) is 5.26 Å². The van der Waals surface area contributed by atoms with E-state index in [1.165, 1.54) is 45.2 Å². The molecule has 1 spiro atoms. The Morgan fingerprint density at radius 2 is 1.93 bits per heavy atom. The molecule has 0 aromatic rings. The van der Waals surface area contributed by atoms with Crippen molar-refractivity contribution in [3.05, 3.63) is 0 Å². The summed E-state index contributed by atoms with van der Waals surface area (Å²) in [5, 5.41) is 8.73. The van der Waals surface area contributed by atoms with Gasteiger partial charge in [0.15, 0.2) is 0 Å². The van der Waals surface area contributed by atoms with Crippen molar-refractivity contribution in [2.75, 3.05) is 19.6 Å². The molecular weight excluding hydrogens is 172 g/mol. The molecule has 0 N–H and O–H groups in total. The second kappa shape index (κ2) is 3.90. The molecule has 0 bridgehead atoms. The predicted octanol–water partition coefficient (Wildman–Crippen LogP) is 2.41. The molecule has 1 saturated heterocycles. The molecule has 1 aliphatic carbocycles. The molecule has 78 valence electrons. The second-order valence-corrected chi connectivity index (χ2v) is 5.26. The van der Waals surface area contributed by atoms with E-state index in [1.807, 2.05) is 6.92 Å². The summed E-state index contributed by atoms with van der Waals surface area (Å²) in [6.45, 7) is 5.53. The van der Waals surface area contributed by atoms with Crippen LogP contribution in [0.1, 0.15) is 39.0 Å². The van der Waals surface area contributed by atoms with Crippen molar-refractivity contribution in [2.45, 2.75) is 39.0 Å². The van der Waals surface area contributed by atoms with Crippen LogP contribution in [0, 0.1) is 22.7 Å². The second-order valence-electron chi connectivity index (χ2n) is 5.26. The summed E-state index contributed by atoms with van der Waals surface area (Å²) in [7, 11) is 0. The summed E-state index contributed by atoms with van der Waals surface area (Å²) < 4.78 is 0. The van der Waals surface area contributed by atoms with Gasteiger partial charge < -0.3 is 4.90 Å². The lowest BCUT2D eigenvalue weighted by molar-refractivity contribution is -0.0316. The molecule has 0 amide bonds. The minimum Gasteiger partial charge on any atom is -0.301 e. The van der Waals surface area contributed by atoms with Gasteiger partial charge in [-0.15, -0.1) is 0 Å². The van der Waals surface area contributed by atoms with Gasteiger partial charge in [0.05, 0.1) is 12.0 Å². The highest BCUT2D eigenvalue weighted by atomic mass is 15.2. The Bertz CT molecular complexity index is 227. The Balaban J connectivity index is 1.75. The molecule has 2 aliphatic rings. The van der Waals surface area contributed by atoms with Gasteiger partial charge in [-0.05, 0) is 25.2 Å². The quantitative estimate of drug-likeness (QED) is 0.672. The molecule has 0 aromatic heterocycles. The fraction of sp³-hybridized carbons (Fsp3) is 0.917. The minimum atomic E-state index is 0.205. The van der Waals surface area contributed by atoms with Gasteiger partial charge in [0.1, 0.15) is 0 Å². The smallest absolute Gasteiger partial charge is 0.0666 e. The van der Waals surface area contributed by atoms with Crippen LogP contribution in [0.25, 0.3) is 0 Å². The van der Waals surface area contributed by atoms with Gasteiger partial charge in [0.2, 0.25) is 0 Å². The first-order valence-electron chi connectivity index (χ1n) is 5.86. The largest absolute Gasteiger partial charge is 0.301 e. The predicted molar refractivity (Wildman–Crippen MR) is 56.7 cm³/mol. The Hall–Kier alpha value is -0.550. The molecule has 1 aliphatic heterocycles. The number of nitriles is 1. The van der Waals surface area contributed by atoms with Crippen LogP contribution in [0.2, 0.25) is 0 Å². The lowest BCUT2D eigenvalue weighted by Crippen LogP contribution is -2.57. The maximum Gasteiger partial charge on any atom is 0.0666 e. The summed E-state index contributed by atoms with van der Waals surface area (Å²) in [5.74, 6) is 0.205. The zero-order valence-corrected chi connectivity index (χ0v) is 9.13. The van der Waals surface area contributed by atoms with E-state index in [4.69, 9.17) is 5.26 Å². The van der Waals surface area contributed by atoms with Gasteiger partial charge >= 0.3 is 0 Å². The van der Waals surface area contributed by atoms with Crippen LogP contribution < -0.4 is 0 Å². The van der Waals surface area contributed by atoms with E-state index in [0.29, 0.717) is 5.41 Å². The highest BCUT2D eigenvalue weighted by Gasteiger charge is 2.43. The fourth-order valence-electron chi connectivity index (χ4n) is 3.08. The van der Waals surface area contributed by atoms with Crippen molar-refractivity contribution in [3.63, 3.8) is 0 Å². The first kappa shape index (κ1) is 9.98. The van der Waals surface area contributed by atoms with Gasteiger partial charge in [-0.1, -0.05) is 19.3 Å². The Kier molecular flexibility index (Phi) is 2.78. The van der Waals surface area contributed by atoms with Gasteiger partial charge in [-0.3, -0.25) is 0 Å². The van der Waals surface area contributed by atoms with E-state index in [-0.39, 0.29) is 5.92 Å². The summed E-state index contributed by atoms with van der Waals surface area (Å²) in [5.41, 5.74) is 0.674. The summed E-state index contributed by atoms with van der Waals surface area (Å²) in [6, 6.07) is 2.31. The molecule has 2 nitrogen and oxygen atoms in total. The molecule has 0 radical (unpaired) electrons. The van der Waals surface area contributed by atoms with E-state index in [1.54, 1.807) is 0 Å². The van der Waals surface area contributed by atoms with E-state index >= 15 is 0 Å². The van der Waals surface area contributed by atoms with Crippen LogP contribution in [0.15, 0.2) is 0 Å². The van der Waals surface area contributed by atoms with Gasteiger partial charge in [-0.25, -0.2) is 0 Å². The zero-order chi connectivity index (χ0) is 10.0. The molecular formula is C12H20N2. The molecule has 1 heterocycles. The molecule has 0 aromatic carbocycles. The number of hydrogen-bond acceptors (Lipinski definition) is 2. The standard InChI is InChI=1S/C12H20N2/c1-11(7-13)8-14-9-12(10-14)5-3-2-4-6-12/h11H,2-6,8-10H2,1H3. The third-order valence-electron chi connectivity index (χ3n) is 3.78. The van der Waals surface area contributed by atoms with E-state index in [0.717, 1.165) is 6.54 Å². The molecule has 1 saturated carbocycles. The van der Waals surface area contributed by atoms with Crippen molar-refractivity contribution in [1.82, 2.24) is 4.90 Å². The molecule has 1 unspecified atom stereocenters. The van der Waals surface area contributed by atoms with Crippen LogP contribution in [0.3, 0.4) is 0 Å². The van der Waals surface area contributed by atoms with E-state index in [2.05, 4.69) is 11.0 Å². The maximum absolute atomic E-state index is 8.73. The average molecular weight is 192 g/mol. The first-order valence-corrected chi connectivity index (χ1v) is 5.86. The molecule has 1 atom stereocenters. The van der Waals surface area contributed by atoms with Crippen molar-refractivity contribution < 1.29 is 0 Å². The van der Waals surface area contributed by atoms with E-state index < -0.39 is 0 Å². The molecule has 2 rings (SSSR count). The van der Waals surface area contributed by atoms with Crippen molar-refractivity contribution in [3.8, 4) is 6.07 Å². The highest BCUT2D eigenvalue weighted by molar-refractivity contribution is 4.98. The Morgan fingerprint density at radius 3 is 2.50 bits per heavy atom. The zero-order valence-electron chi connectivity index (χ0n) is 9.13. The topological polar surface area (TPSA) is 27.0 Å². The lowest BCUT2D eigenvalue weighted by Gasteiger charge is -2.53. The van der Waals surface area contributed by atoms with Crippen molar-refractivity contribution in [2.24, 2.45) is 11.3 Å². The third-order valence-corrected chi connectivity index (χ3v) is 3.78. The lowest BCUT2D eigenvalue weighted by atomic mass is 9.68. The number of rotatable bonds is 2. The third kappa shape index (κ3) is 1.93.